The molecule has 0 unspecified atom stereocenters. The molecule has 0 saturated heterocycles. The number of ether oxygens (including phenoxy) is 1. The molecule has 0 amide bonds. The molecule has 0 bridgehead atoms. The van der Waals surface area contributed by atoms with Crippen LogP contribution in [0.4, 0.5) is 0 Å². The summed E-state index contributed by atoms with van der Waals surface area (Å²) in [6.07, 6.45) is 2.05. The predicted molar refractivity (Wildman–Crippen MR) is 47.6 cm³/mol. The largest absolute Gasteiger partial charge is 0.520 e. The van der Waals surface area contributed by atoms with Crippen molar-refractivity contribution >= 4 is 8.32 Å². The Hall–Kier alpha value is -0.443. The summed E-state index contributed by atoms with van der Waals surface area (Å²) in [5.41, 5.74) is 0. The zero-order valence-corrected chi connectivity index (χ0v) is 8.68. The monoisotopic (exact) mass is 172 g/mol. The predicted octanol–water partition coefficient (Wildman–Crippen LogP) is 2.35. The SMILES string of the molecule is C[C@@H]1C=C(O[Si](C)(C)C)OC1. The summed E-state index contributed by atoms with van der Waals surface area (Å²) in [5.74, 6) is 1.26. The van der Waals surface area contributed by atoms with Crippen LogP contribution in [0.25, 0.3) is 0 Å². The smallest absolute Gasteiger partial charge is 0.261 e. The zero-order valence-electron chi connectivity index (χ0n) is 7.68. The second kappa shape index (κ2) is 2.89. The molecule has 0 radical (unpaired) electrons. The summed E-state index contributed by atoms with van der Waals surface area (Å²) in [5, 5.41) is 0. The lowest BCUT2D eigenvalue weighted by molar-refractivity contribution is 0.119. The molecule has 11 heavy (non-hydrogen) atoms. The molecule has 0 saturated carbocycles. The minimum atomic E-state index is -1.45. The first-order chi connectivity index (χ1) is 4.97. The molecule has 1 aliphatic rings. The van der Waals surface area contributed by atoms with Crippen molar-refractivity contribution in [3.8, 4) is 0 Å². The number of hydrogen-bond donors (Lipinski definition) is 0. The maximum absolute atomic E-state index is 5.65. The van der Waals surface area contributed by atoms with Crippen LogP contribution in [0.5, 0.6) is 0 Å². The third-order valence-corrected chi connectivity index (χ3v) is 2.13. The summed E-state index contributed by atoms with van der Waals surface area (Å²) < 4.78 is 11.0. The van der Waals surface area contributed by atoms with Gasteiger partial charge in [-0.1, -0.05) is 6.92 Å². The van der Waals surface area contributed by atoms with E-state index in [2.05, 4.69) is 32.6 Å². The molecule has 0 fully saturated rings. The van der Waals surface area contributed by atoms with Crippen LogP contribution in [-0.2, 0) is 9.16 Å². The van der Waals surface area contributed by atoms with Gasteiger partial charge in [0, 0.05) is 12.0 Å². The standard InChI is InChI=1S/C8H16O2Si/c1-7-5-8(9-6-7)10-11(2,3)4/h5,7H,6H2,1-4H3/t7-/m1/s1. The van der Waals surface area contributed by atoms with Crippen molar-refractivity contribution in [2.45, 2.75) is 26.6 Å². The lowest BCUT2D eigenvalue weighted by Crippen LogP contribution is -2.24. The van der Waals surface area contributed by atoms with Gasteiger partial charge in [-0.3, -0.25) is 0 Å². The van der Waals surface area contributed by atoms with Gasteiger partial charge in [0.2, 0.25) is 8.32 Å². The van der Waals surface area contributed by atoms with E-state index in [0.29, 0.717) is 5.92 Å². The van der Waals surface area contributed by atoms with Gasteiger partial charge in [0.1, 0.15) is 0 Å². The van der Waals surface area contributed by atoms with Crippen molar-refractivity contribution in [1.29, 1.82) is 0 Å². The van der Waals surface area contributed by atoms with Crippen LogP contribution in [0.1, 0.15) is 6.92 Å². The summed E-state index contributed by atoms with van der Waals surface area (Å²) in [7, 11) is -1.45. The Labute approximate surface area is 69.3 Å². The summed E-state index contributed by atoms with van der Waals surface area (Å²) >= 11 is 0. The topological polar surface area (TPSA) is 18.5 Å². The molecule has 3 heteroatoms. The molecule has 0 aliphatic carbocycles. The van der Waals surface area contributed by atoms with Gasteiger partial charge in [0.15, 0.2) is 0 Å². The third kappa shape index (κ3) is 2.97. The van der Waals surface area contributed by atoms with Crippen LogP contribution in [0, 0.1) is 5.92 Å². The minimum Gasteiger partial charge on any atom is -0.520 e. The molecule has 1 atom stereocenters. The Morgan fingerprint density at radius 1 is 1.55 bits per heavy atom. The molecule has 0 aromatic heterocycles. The van der Waals surface area contributed by atoms with Crippen molar-refractivity contribution in [2.75, 3.05) is 6.61 Å². The van der Waals surface area contributed by atoms with Crippen LogP contribution >= 0.6 is 0 Å². The molecule has 2 nitrogen and oxygen atoms in total. The number of hydrogen-bond acceptors (Lipinski definition) is 2. The first-order valence-corrected chi connectivity index (χ1v) is 7.42. The van der Waals surface area contributed by atoms with Crippen LogP contribution < -0.4 is 0 Å². The molecule has 1 heterocycles. The van der Waals surface area contributed by atoms with E-state index in [1.165, 1.54) is 0 Å². The highest BCUT2D eigenvalue weighted by atomic mass is 28.4. The molecular weight excluding hydrogens is 156 g/mol. The van der Waals surface area contributed by atoms with Crippen LogP contribution in [-0.4, -0.2) is 14.9 Å². The maximum atomic E-state index is 5.65. The molecular formula is C8H16O2Si. The van der Waals surface area contributed by atoms with Crippen LogP contribution in [0.15, 0.2) is 12.0 Å². The van der Waals surface area contributed by atoms with Crippen molar-refractivity contribution in [3.05, 3.63) is 12.0 Å². The average Bonchev–Trinajstić information content (AvgIpc) is 2.10. The Morgan fingerprint density at radius 2 is 2.18 bits per heavy atom. The third-order valence-electron chi connectivity index (χ3n) is 1.32. The summed E-state index contributed by atoms with van der Waals surface area (Å²) in [6, 6.07) is 0. The van der Waals surface area contributed by atoms with Crippen molar-refractivity contribution < 1.29 is 9.16 Å². The molecule has 0 aromatic rings. The van der Waals surface area contributed by atoms with Crippen LogP contribution in [0.2, 0.25) is 19.6 Å². The van der Waals surface area contributed by atoms with E-state index < -0.39 is 8.32 Å². The van der Waals surface area contributed by atoms with Gasteiger partial charge in [-0.15, -0.1) is 0 Å². The molecule has 0 aromatic carbocycles. The zero-order chi connectivity index (χ0) is 8.48. The van der Waals surface area contributed by atoms with E-state index in [4.69, 9.17) is 9.16 Å². The average molecular weight is 172 g/mol. The lowest BCUT2D eigenvalue weighted by Gasteiger charge is -2.18. The van der Waals surface area contributed by atoms with Gasteiger partial charge < -0.3 is 9.16 Å². The Bertz CT molecular complexity index is 169. The molecule has 0 N–H and O–H groups in total. The Kier molecular flexibility index (Phi) is 2.27. The van der Waals surface area contributed by atoms with E-state index in [1.54, 1.807) is 0 Å². The van der Waals surface area contributed by atoms with Gasteiger partial charge in [-0.2, -0.15) is 0 Å². The van der Waals surface area contributed by atoms with Crippen molar-refractivity contribution in [1.82, 2.24) is 0 Å². The highest BCUT2D eigenvalue weighted by molar-refractivity contribution is 6.69. The fourth-order valence-corrected chi connectivity index (χ4v) is 1.64. The quantitative estimate of drug-likeness (QED) is 0.595. The van der Waals surface area contributed by atoms with E-state index in [-0.39, 0.29) is 0 Å². The fourth-order valence-electron chi connectivity index (χ4n) is 0.907. The minimum absolute atomic E-state index is 0.515. The van der Waals surface area contributed by atoms with Crippen molar-refractivity contribution in [3.63, 3.8) is 0 Å². The Balaban J connectivity index is 2.45. The van der Waals surface area contributed by atoms with Gasteiger partial charge in [0.05, 0.1) is 6.61 Å². The summed E-state index contributed by atoms with van der Waals surface area (Å²) in [4.78, 5) is 0. The van der Waals surface area contributed by atoms with Gasteiger partial charge in [-0.25, -0.2) is 0 Å². The van der Waals surface area contributed by atoms with Gasteiger partial charge >= 0.3 is 0 Å². The first kappa shape index (κ1) is 8.65. The van der Waals surface area contributed by atoms with Crippen molar-refractivity contribution in [2.24, 2.45) is 5.92 Å². The molecule has 0 spiro atoms. The fraction of sp³-hybridized carbons (Fsp3) is 0.750. The second-order valence-electron chi connectivity index (χ2n) is 3.99. The van der Waals surface area contributed by atoms with Gasteiger partial charge in [-0.05, 0) is 19.6 Å². The van der Waals surface area contributed by atoms with E-state index in [1.807, 2.05) is 0 Å². The van der Waals surface area contributed by atoms with E-state index >= 15 is 0 Å². The Morgan fingerprint density at radius 3 is 2.55 bits per heavy atom. The van der Waals surface area contributed by atoms with E-state index in [9.17, 15) is 0 Å². The normalized spacial score (nSPS) is 24.4. The van der Waals surface area contributed by atoms with E-state index in [0.717, 1.165) is 12.6 Å². The lowest BCUT2D eigenvalue weighted by atomic mass is 10.2. The first-order valence-electron chi connectivity index (χ1n) is 4.01. The highest BCUT2D eigenvalue weighted by Crippen LogP contribution is 2.20. The van der Waals surface area contributed by atoms with Gasteiger partial charge in [0.25, 0.3) is 5.95 Å². The highest BCUT2D eigenvalue weighted by Gasteiger charge is 2.22. The number of rotatable bonds is 2. The second-order valence-corrected chi connectivity index (χ2v) is 8.42. The van der Waals surface area contributed by atoms with Crippen LogP contribution in [0.3, 0.4) is 0 Å². The summed E-state index contributed by atoms with van der Waals surface area (Å²) in [6.45, 7) is 9.36. The molecule has 1 aliphatic heterocycles. The molecule has 64 valence electrons. The molecule has 1 rings (SSSR count). The maximum Gasteiger partial charge on any atom is 0.261 e.